The highest BCUT2D eigenvalue weighted by atomic mass is 19.1. The van der Waals surface area contributed by atoms with Crippen LogP contribution in [0.3, 0.4) is 0 Å². The Labute approximate surface area is 82.7 Å². The fraction of sp³-hybridized carbons (Fsp3) is 0.545. The Hall–Kier alpha value is -1.12. The van der Waals surface area contributed by atoms with Gasteiger partial charge in [0.1, 0.15) is 6.17 Å². The average molecular weight is 195 g/mol. The lowest BCUT2D eigenvalue weighted by atomic mass is 9.62. The van der Waals surface area contributed by atoms with Crippen LogP contribution in [0.2, 0.25) is 0 Å². The molecule has 3 heteroatoms. The standard InChI is InChI=1S/C11H14FNO/c12-9-4-1-3-8(7-9)11(10(13)14)5-2-6-11/h1,3,7,9H,2,4-6H2,(H2,13,14). The summed E-state index contributed by atoms with van der Waals surface area (Å²) in [6, 6.07) is 0. The molecule has 2 N–H and O–H groups in total. The first-order chi connectivity index (χ1) is 6.65. The highest BCUT2D eigenvalue weighted by Gasteiger charge is 2.45. The van der Waals surface area contributed by atoms with E-state index >= 15 is 0 Å². The predicted octanol–water partition coefficient (Wildman–Crippen LogP) is 1.87. The van der Waals surface area contributed by atoms with E-state index in [1.165, 1.54) is 0 Å². The minimum absolute atomic E-state index is 0.311. The summed E-state index contributed by atoms with van der Waals surface area (Å²) in [5, 5.41) is 0. The maximum Gasteiger partial charge on any atom is 0.228 e. The number of alkyl halides is 1. The summed E-state index contributed by atoms with van der Waals surface area (Å²) in [5.41, 5.74) is 5.61. The Kier molecular flexibility index (Phi) is 2.17. The van der Waals surface area contributed by atoms with Gasteiger partial charge in [0.2, 0.25) is 5.91 Å². The summed E-state index contributed by atoms with van der Waals surface area (Å²) < 4.78 is 13.1. The second-order valence-electron chi connectivity index (χ2n) is 4.08. The lowest BCUT2D eigenvalue weighted by molar-refractivity contribution is -0.129. The number of allylic oxidation sites excluding steroid dienone is 3. The molecule has 0 aromatic rings. The molecule has 0 aromatic carbocycles. The molecule has 1 unspecified atom stereocenters. The summed E-state index contributed by atoms with van der Waals surface area (Å²) in [6.45, 7) is 0. The Bertz CT molecular complexity index is 315. The van der Waals surface area contributed by atoms with Crippen LogP contribution in [0.25, 0.3) is 0 Å². The molecule has 2 nitrogen and oxygen atoms in total. The number of amides is 1. The van der Waals surface area contributed by atoms with Gasteiger partial charge in [0.05, 0.1) is 5.41 Å². The monoisotopic (exact) mass is 195 g/mol. The molecule has 0 radical (unpaired) electrons. The van der Waals surface area contributed by atoms with Gasteiger partial charge in [-0.25, -0.2) is 4.39 Å². The number of halogens is 1. The maximum absolute atomic E-state index is 13.1. The zero-order chi connectivity index (χ0) is 10.2. The zero-order valence-corrected chi connectivity index (χ0v) is 8.00. The Morgan fingerprint density at radius 2 is 2.29 bits per heavy atom. The van der Waals surface area contributed by atoms with E-state index < -0.39 is 11.6 Å². The van der Waals surface area contributed by atoms with E-state index in [0.717, 1.165) is 24.8 Å². The molecule has 1 atom stereocenters. The van der Waals surface area contributed by atoms with Crippen LogP contribution in [0.4, 0.5) is 4.39 Å². The SMILES string of the molecule is NC(=O)C1(C2=CC(F)CC=C2)CCC1. The van der Waals surface area contributed by atoms with Crippen LogP contribution < -0.4 is 5.73 Å². The van der Waals surface area contributed by atoms with Crippen molar-refractivity contribution in [1.29, 1.82) is 0 Å². The van der Waals surface area contributed by atoms with Gasteiger partial charge in [-0.05, 0) is 24.5 Å². The highest BCUT2D eigenvalue weighted by Crippen LogP contribution is 2.48. The van der Waals surface area contributed by atoms with Crippen LogP contribution in [0.5, 0.6) is 0 Å². The fourth-order valence-corrected chi connectivity index (χ4v) is 2.17. The molecule has 1 amide bonds. The van der Waals surface area contributed by atoms with Gasteiger partial charge in [-0.3, -0.25) is 4.79 Å². The highest BCUT2D eigenvalue weighted by molar-refractivity contribution is 5.86. The van der Waals surface area contributed by atoms with E-state index in [1.807, 2.05) is 6.08 Å². The van der Waals surface area contributed by atoms with Gasteiger partial charge >= 0.3 is 0 Å². The van der Waals surface area contributed by atoms with Crippen LogP contribution in [0.15, 0.2) is 23.8 Å². The number of hydrogen-bond acceptors (Lipinski definition) is 1. The summed E-state index contributed by atoms with van der Waals surface area (Å²) >= 11 is 0. The van der Waals surface area contributed by atoms with Crippen LogP contribution in [-0.2, 0) is 4.79 Å². The molecular weight excluding hydrogens is 181 g/mol. The molecule has 76 valence electrons. The van der Waals surface area contributed by atoms with Crippen LogP contribution in [0, 0.1) is 5.41 Å². The third kappa shape index (κ3) is 1.27. The molecule has 0 heterocycles. The third-order valence-electron chi connectivity index (χ3n) is 3.25. The van der Waals surface area contributed by atoms with Crippen molar-refractivity contribution in [3.8, 4) is 0 Å². The Morgan fingerprint density at radius 1 is 1.57 bits per heavy atom. The van der Waals surface area contributed by atoms with Crippen LogP contribution in [-0.4, -0.2) is 12.1 Å². The number of nitrogens with two attached hydrogens (primary N) is 1. The van der Waals surface area contributed by atoms with Gasteiger partial charge < -0.3 is 5.73 Å². The van der Waals surface area contributed by atoms with Crippen molar-refractivity contribution in [3.63, 3.8) is 0 Å². The van der Waals surface area contributed by atoms with E-state index in [4.69, 9.17) is 5.73 Å². The van der Waals surface area contributed by atoms with Crippen molar-refractivity contribution >= 4 is 5.91 Å². The third-order valence-corrected chi connectivity index (χ3v) is 3.25. The van der Waals surface area contributed by atoms with Gasteiger partial charge in [-0.1, -0.05) is 18.6 Å². The van der Waals surface area contributed by atoms with Gasteiger partial charge in [0.25, 0.3) is 0 Å². The van der Waals surface area contributed by atoms with Gasteiger partial charge in [-0.2, -0.15) is 0 Å². The second-order valence-corrected chi connectivity index (χ2v) is 4.08. The molecule has 0 aromatic heterocycles. The number of carbonyl (C=O) groups is 1. The minimum Gasteiger partial charge on any atom is -0.369 e. The Morgan fingerprint density at radius 3 is 2.71 bits per heavy atom. The first kappa shape index (κ1) is 9.44. The van der Waals surface area contributed by atoms with Crippen molar-refractivity contribution in [1.82, 2.24) is 0 Å². The van der Waals surface area contributed by atoms with Gasteiger partial charge in [0, 0.05) is 6.42 Å². The van der Waals surface area contributed by atoms with Crippen LogP contribution >= 0.6 is 0 Å². The number of carbonyl (C=O) groups excluding carboxylic acids is 1. The molecular formula is C11H14FNO. The molecule has 0 saturated heterocycles. The molecule has 1 saturated carbocycles. The molecule has 0 spiro atoms. The van der Waals surface area contributed by atoms with Gasteiger partial charge in [-0.15, -0.1) is 0 Å². The Balaban J connectivity index is 2.28. The fourth-order valence-electron chi connectivity index (χ4n) is 2.17. The quantitative estimate of drug-likeness (QED) is 0.718. The topological polar surface area (TPSA) is 43.1 Å². The maximum atomic E-state index is 13.1. The first-order valence-corrected chi connectivity index (χ1v) is 4.98. The molecule has 0 aliphatic heterocycles. The van der Waals surface area contributed by atoms with E-state index in [1.54, 1.807) is 12.2 Å². The molecule has 2 aliphatic rings. The lowest BCUT2D eigenvalue weighted by Gasteiger charge is -2.40. The summed E-state index contributed by atoms with van der Waals surface area (Å²) in [4.78, 5) is 11.3. The normalized spacial score (nSPS) is 29.2. The van der Waals surface area contributed by atoms with Crippen molar-refractivity contribution in [2.75, 3.05) is 0 Å². The molecule has 2 aliphatic carbocycles. The van der Waals surface area contributed by atoms with E-state index in [9.17, 15) is 9.18 Å². The number of primary amides is 1. The van der Waals surface area contributed by atoms with E-state index in [-0.39, 0.29) is 5.91 Å². The van der Waals surface area contributed by atoms with Gasteiger partial charge in [0.15, 0.2) is 0 Å². The van der Waals surface area contributed by atoms with Crippen molar-refractivity contribution in [3.05, 3.63) is 23.8 Å². The number of rotatable bonds is 2. The summed E-state index contributed by atoms with van der Waals surface area (Å²) in [6.07, 6.45) is 7.18. The molecule has 2 rings (SSSR count). The minimum atomic E-state index is -0.952. The summed E-state index contributed by atoms with van der Waals surface area (Å²) in [5.74, 6) is -0.311. The second kappa shape index (κ2) is 3.23. The van der Waals surface area contributed by atoms with Crippen LogP contribution in [0.1, 0.15) is 25.7 Å². The smallest absolute Gasteiger partial charge is 0.228 e. The molecule has 14 heavy (non-hydrogen) atoms. The molecule has 0 bridgehead atoms. The lowest BCUT2D eigenvalue weighted by Crippen LogP contribution is -2.44. The molecule has 1 fully saturated rings. The van der Waals surface area contributed by atoms with Crippen molar-refractivity contribution in [2.24, 2.45) is 11.1 Å². The average Bonchev–Trinajstić information content (AvgIpc) is 2.00. The van der Waals surface area contributed by atoms with E-state index in [0.29, 0.717) is 6.42 Å². The van der Waals surface area contributed by atoms with Crippen molar-refractivity contribution < 1.29 is 9.18 Å². The van der Waals surface area contributed by atoms with E-state index in [2.05, 4.69) is 0 Å². The summed E-state index contributed by atoms with van der Waals surface area (Å²) in [7, 11) is 0. The largest absolute Gasteiger partial charge is 0.369 e. The number of hydrogen-bond donors (Lipinski definition) is 1. The van der Waals surface area contributed by atoms with Crippen molar-refractivity contribution in [2.45, 2.75) is 31.9 Å². The zero-order valence-electron chi connectivity index (χ0n) is 8.00. The predicted molar refractivity (Wildman–Crippen MR) is 52.2 cm³/mol. The first-order valence-electron chi connectivity index (χ1n) is 4.98.